The number of unbranched alkanes of at least 4 members (excludes halogenated alkanes) is 10. The first-order chi connectivity index (χ1) is 18.5. The fourth-order valence-electron chi connectivity index (χ4n) is 3.90. The van der Waals surface area contributed by atoms with Gasteiger partial charge in [0, 0.05) is 0 Å². The van der Waals surface area contributed by atoms with E-state index in [1.54, 1.807) is 12.3 Å². The van der Waals surface area contributed by atoms with E-state index in [0.717, 1.165) is 57.8 Å². The van der Waals surface area contributed by atoms with Crippen LogP contribution in [-0.4, -0.2) is 65.5 Å². The summed E-state index contributed by atoms with van der Waals surface area (Å²) in [4.78, 5) is 38.4. The van der Waals surface area contributed by atoms with Crippen molar-refractivity contribution in [1.82, 2.24) is 0 Å². The van der Waals surface area contributed by atoms with Gasteiger partial charge in [0.25, 0.3) is 0 Å². The van der Waals surface area contributed by atoms with Gasteiger partial charge in [-0.2, -0.15) is 4.99 Å². The molecule has 10 nitrogen and oxygen atoms in total. The van der Waals surface area contributed by atoms with Crippen molar-refractivity contribution in [3.05, 3.63) is 24.4 Å². The van der Waals surface area contributed by atoms with E-state index in [1.165, 1.54) is 12.8 Å². The Morgan fingerprint density at radius 2 is 1.48 bits per heavy atom. The summed E-state index contributed by atoms with van der Waals surface area (Å²) in [6, 6.07) is -0.296. The van der Waals surface area contributed by atoms with E-state index in [9.17, 15) is 27.4 Å². The fraction of sp³-hybridized carbons (Fsp3) is 0.704. The summed E-state index contributed by atoms with van der Waals surface area (Å²) in [6.07, 6.45) is 19.8. The second kappa shape index (κ2) is 21.6. The van der Waals surface area contributed by atoms with E-state index in [4.69, 9.17) is 22.3 Å². The van der Waals surface area contributed by atoms with E-state index in [-0.39, 0.29) is 58.6 Å². The topological polar surface area (TPSA) is 139 Å². The molecule has 0 bridgehead atoms. The van der Waals surface area contributed by atoms with Crippen LogP contribution in [0.5, 0.6) is 0 Å². The number of aliphatic imine (C=N–C) groups is 1. The molecule has 0 saturated carbocycles. The zero-order valence-corrected chi connectivity index (χ0v) is 27.8. The second-order valence-electron chi connectivity index (χ2n) is 9.63. The van der Waals surface area contributed by atoms with E-state index in [1.807, 2.05) is 12.2 Å². The van der Waals surface area contributed by atoms with Crippen molar-refractivity contribution in [2.24, 2.45) is 4.99 Å². The second-order valence-corrected chi connectivity index (χ2v) is 11.8. The Kier molecular flexibility index (Phi) is 21.1. The van der Waals surface area contributed by atoms with Gasteiger partial charge >= 0.3 is 47.4 Å². The van der Waals surface area contributed by atoms with Gasteiger partial charge in [-0.3, -0.25) is 14.4 Å². The van der Waals surface area contributed by atoms with Gasteiger partial charge in [-0.15, -0.1) is 0 Å². The van der Waals surface area contributed by atoms with Crippen molar-refractivity contribution in [2.45, 2.75) is 109 Å². The number of quaternary nitrogens is 1. The van der Waals surface area contributed by atoms with Gasteiger partial charge in [0.1, 0.15) is 10.1 Å². The molecule has 0 aromatic rings. The van der Waals surface area contributed by atoms with Gasteiger partial charge in [-0.25, -0.2) is 8.42 Å². The molecule has 0 N–H and O–H groups in total. The van der Waals surface area contributed by atoms with Crippen LogP contribution in [0.1, 0.15) is 97.3 Å². The van der Waals surface area contributed by atoms with Crippen molar-refractivity contribution >= 4 is 47.1 Å². The first kappa shape index (κ1) is 39.0. The third-order valence-corrected chi connectivity index (χ3v) is 7.74. The summed E-state index contributed by atoms with van der Waals surface area (Å²) in [5.74, 6) is -2.19. The molecule has 0 saturated heterocycles. The van der Waals surface area contributed by atoms with E-state index >= 15 is 0 Å². The average molecular weight is 611 g/mol. The van der Waals surface area contributed by atoms with Crippen molar-refractivity contribution < 1.29 is 70.3 Å². The average Bonchev–Trinajstić information content (AvgIpc) is 3.20. The zero-order chi connectivity index (χ0) is 29.2. The molecule has 0 aromatic carbocycles. The summed E-state index contributed by atoms with van der Waals surface area (Å²) in [5.41, 5.74) is 0. The summed E-state index contributed by atoms with van der Waals surface area (Å²) >= 11 is 5.15. The van der Waals surface area contributed by atoms with Crippen LogP contribution in [0.15, 0.2) is 29.4 Å². The van der Waals surface area contributed by atoms with E-state index in [0.29, 0.717) is 12.8 Å². The Labute approximate surface area is 267 Å². The zero-order valence-electron chi connectivity index (χ0n) is 24.1. The number of carbonyl (C=O) groups is 3. The van der Waals surface area contributed by atoms with Crippen LogP contribution in [0.4, 0.5) is 0 Å². The first-order valence-corrected chi connectivity index (χ1v) is 15.7. The van der Waals surface area contributed by atoms with Gasteiger partial charge in [-0.05, 0) is 25.0 Å². The molecule has 40 heavy (non-hydrogen) atoms. The molecule has 3 unspecified atom stereocenters. The number of carbonyl (C=O) groups excluding carboxylic acids is 3. The van der Waals surface area contributed by atoms with Crippen LogP contribution >= 0.6 is 0 Å². The molecule has 0 fully saturated rings. The molecule has 3 atom stereocenters. The maximum atomic E-state index is 11.9. The third-order valence-electron chi connectivity index (χ3n) is 6.24. The molecule has 13 heteroatoms. The Bertz CT molecular complexity index is 968. The van der Waals surface area contributed by atoms with Crippen LogP contribution in [-0.2, 0) is 46.8 Å². The molecule has 2 aliphatic rings. The number of rotatable bonds is 18. The van der Waals surface area contributed by atoms with Crippen molar-refractivity contribution in [3.8, 4) is 0 Å². The largest absolute Gasteiger partial charge is 1.00 e. The Morgan fingerprint density at radius 1 is 0.950 bits per heavy atom. The molecular weight excluding hydrogens is 567 g/mol. The van der Waals surface area contributed by atoms with Crippen molar-refractivity contribution in [3.63, 3.8) is 0 Å². The smallest absolute Gasteiger partial charge is 0.747 e. The summed E-state index contributed by atoms with van der Waals surface area (Å²) in [5, 5.41) is -2.04. The van der Waals surface area contributed by atoms with Crippen LogP contribution in [0.2, 0.25) is 0 Å². The SMILES string of the molecule is CCCCCCCCOC(=O)CC(C(=O)OCCCCCCCC)S(=O)(=O)[O-].O=C1N=C[N+]2([S-])C=CC=CC12.[Na+]. The first-order valence-electron chi connectivity index (χ1n) is 13.9. The van der Waals surface area contributed by atoms with Gasteiger partial charge < -0.3 is 30.7 Å². The molecule has 0 aliphatic carbocycles. The number of fused-ring (bicyclic) bond motifs is 1. The molecular formula is C27H43N2NaO8S2. The molecule has 1 amide bonds. The summed E-state index contributed by atoms with van der Waals surface area (Å²) < 4.78 is 43.9. The van der Waals surface area contributed by atoms with Gasteiger partial charge in [0.05, 0.1) is 25.8 Å². The minimum atomic E-state index is -4.98. The fourth-order valence-corrected chi connectivity index (χ4v) is 4.82. The molecule has 0 spiro atoms. The van der Waals surface area contributed by atoms with Crippen LogP contribution in [0.25, 0.3) is 0 Å². The number of amides is 1. The number of nitrogens with zero attached hydrogens (tertiary/aromatic N) is 2. The van der Waals surface area contributed by atoms with Crippen LogP contribution in [0.3, 0.4) is 0 Å². The Hall–Kier alpha value is -1.02. The predicted octanol–water partition coefficient (Wildman–Crippen LogP) is 1.39. The van der Waals surface area contributed by atoms with E-state index < -0.39 is 33.7 Å². The van der Waals surface area contributed by atoms with Crippen LogP contribution in [0, 0.1) is 0 Å². The molecule has 2 aliphatic heterocycles. The number of allylic oxidation sites excluding steroid dienone is 2. The molecule has 0 radical (unpaired) electrons. The standard InChI is InChI=1S/C20H38O7S.C7H6N2OS.Na/c1-3-5-7-9-11-13-15-26-19(21)17-18(28(23,24)25)20(22)27-16-14-12-10-8-6-4-2;10-7-6-3-1-2-4-9(6,11)5-8-7;/h18H,3-17H2,1-2H3,(H,23,24,25);1-6H;/q;;+1/p-1. The summed E-state index contributed by atoms with van der Waals surface area (Å²) in [7, 11) is -4.98. The molecule has 2 rings (SSSR count). The minimum Gasteiger partial charge on any atom is -0.747 e. The van der Waals surface area contributed by atoms with Crippen LogP contribution < -0.4 is 29.6 Å². The van der Waals surface area contributed by atoms with Gasteiger partial charge in [0.2, 0.25) is 0 Å². The summed E-state index contributed by atoms with van der Waals surface area (Å²) in [6.45, 7) is 4.44. The van der Waals surface area contributed by atoms with Gasteiger partial charge in [0.15, 0.2) is 17.6 Å². The quantitative estimate of drug-likeness (QED) is 0.0563. The normalized spacial score (nSPS) is 19.7. The molecule has 2 heterocycles. The van der Waals surface area contributed by atoms with E-state index in [2.05, 4.69) is 18.8 Å². The molecule has 222 valence electrons. The number of hydrogen-bond acceptors (Lipinski definition) is 9. The maximum absolute atomic E-state index is 11.9. The predicted molar refractivity (Wildman–Crippen MR) is 150 cm³/mol. The Balaban J connectivity index is 0.00000104. The van der Waals surface area contributed by atoms with Gasteiger partial charge in [-0.1, -0.05) is 84.1 Å². The Morgan fingerprint density at radius 3 is 2.00 bits per heavy atom. The minimum absolute atomic E-state index is 0. The van der Waals surface area contributed by atoms with Crippen molar-refractivity contribution in [2.75, 3.05) is 13.2 Å². The van der Waals surface area contributed by atoms with Crippen molar-refractivity contribution in [1.29, 1.82) is 0 Å². The third kappa shape index (κ3) is 15.8. The monoisotopic (exact) mass is 610 g/mol. The molecule has 0 aromatic heterocycles. The number of ether oxygens (including phenoxy) is 2. The number of esters is 2. The maximum Gasteiger partial charge on any atom is 1.00 e. The number of hydrogen-bond donors (Lipinski definition) is 0.